The first kappa shape index (κ1) is 19.0. The lowest BCUT2D eigenvalue weighted by atomic mass is 10.1. The second-order valence-corrected chi connectivity index (χ2v) is 5.70. The molecule has 134 valence electrons. The predicted molar refractivity (Wildman–Crippen MR) is 98.1 cm³/mol. The Kier molecular flexibility index (Phi) is 7.44. The molecule has 0 saturated heterocycles. The van der Waals surface area contributed by atoms with Crippen molar-refractivity contribution < 1.29 is 19.4 Å². The highest BCUT2D eigenvalue weighted by molar-refractivity contribution is 5.87. The van der Waals surface area contributed by atoms with E-state index in [4.69, 9.17) is 14.6 Å². The van der Waals surface area contributed by atoms with Gasteiger partial charge in [0.2, 0.25) is 0 Å². The van der Waals surface area contributed by atoms with E-state index in [0.29, 0.717) is 38.5 Å². The molecule has 2 N–H and O–H groups in total. The number of aromatic carboxylic acids is 1. The Balaban J connectivity index is 1.95. The Morgan fingerprint density at radius 2 is 1.88 bits per heavy atom. The van der Waals surface area contributed by atoms with E-state index in [0.717, 1.165) is 22.4 Å². The van der Waals surface area contributed by atoms with Crippen molar-refractivity contribution in [1.82, 2.24) is 0 Å². The topological polar surface area (TPSA) is 67.8 Å². The molecule has 5 nitrogen and oxygen atoms in total. The molecule has 2 aromatic carbocycles. The third-order valence-corrected chi connectivity index (χ3v) is 3.94. The summed E-state index contributed by atoms with van der Waals surface area (Å²) in [6, 6.07) is 13.0. The van der Waals surface area contributed by atoms with E-state index >= 15 is 0 Å². The maximum Gasteiger partial charge on any atom is 0.335 e. The van der Waals surface area contributed by atoms with Gasteiger partial charge in [0.25, 0.3) is 0 Å². The number of ether oxygens (including phenoxy) is 2. The largest absolute Gasteiger partial charge is 0.478 e. The zero-order valence-corrected chi connectivity index (χ0v) is 14.7. The fourth-order valence-corrected chi connectivity index (χ4v) is 2.49. The zero-order valence-electron chi connectivity index (χ0n) is 14.7. The molecule has 0 heterocycles. The molecule has 0 amide bonds. The molecule has 0 aromatic heterocycles. The molecule has 2 rings (SSSR count). The molecule has 0 bridgehead atoms. The van der Waals surface area contributed by atoms with Crippen LogP contribution in [-0.4, -0.2) is 30.9 Å². The van der Waals surface area contributed by atoms with E-state index in [-0.39, 0.29) is 0 Å². The predicted octanol–water partition coefficient (Wildman–Crippen LogP) is 3.86. The molecule has 0 aliphatic heterocycles. The number of carboxylic acid groups (broad SMARTS) is 1. The molecule has 0 aliphatic carbocycles. The summed E-state index contributed by atoms with van der Waals surface area (Å²) in [5, 5.41) is 12.4. The molecular weight excluding hydrogens is 318 g/mol. The summed E-state index contributed by atoms with van der Waals surface area (Å²) in [4.78, 5) is 11.0. The van der Waals surface area contributed by atoms with E-state index in [1.807, 2.05) is 31.2 Å². The Labute approximate surface area is 148 Å². The van der Waals surface area contributed by atoms with Crippen LogP contribution in [0.1, 0.15) is 34.0 Å². The van der Waals surface area contributed by atoms with Gasteiger partial charge < -0.3 is 19.9 Å². The van der Waals surface area contributed by atoms with Gasteiger partial charge in [-0.2, -0.15) is 0 Å². The Bertz CT molecular complexity index is 700. The second kappa shape index (κ2) is 9.81. The molecule has 0 unspecified atom stereocenters. The van der Waals surface area contributed by atoms with Crippen molar-refractivity contribution in [3.8, 4) is 0 Å². The van der Waals surface area contributed by atoms with E-state index in [9.17, 15) is 4.79 Å². The van der Waals surface area contributed by atoms with Crippen LogP contribution in [0.2, 0.25) is 0 Å². The summed E-state index contributed by atoms with van der Waals surface area (Å²) in [6.45, 7) is 7.01. The van der Waals surface area contributed by atoms with E-state index < -0.39 is 5.97 Å². The first-order valence-electron chi connectivity index (χ1n) is 8.42. The highest BCUT2D eigenvalue weighted by atomic mass is 16.5. The highest BCUT2D eigenvalue weighted by Crippen LogP contribution is 2.20. The van der Waals surface area contributed by atoms with Gasteiger partial charge >= 0.3 is 5.97 Å². The fourth-order valence-electron chi connectivity index (χ4n) is 2.49. The maximum absolute atomic E-state index is 11.0. The number of rotatable bonds is 10. The van der Waals surface area contributed by atoms with Gasteiger partial charge in [0.1, 0.15) is 0 Å². The number of anilines is 1. The average Bonchev–Trinajstić information content (AvgIpc) is 2.62. The molecule has 0 spiro atoms. The highest BCUT2D eigenvalue weighted by Gasteiger charge is 2.06. The molecule has 0 saturated carbocycles. The first-order valence-corrected chi connectivity index (χ1v) is 8.42. The van der Waals surface area contributed by atoms with Crippen LogP contribution in [0.15, 0.2) is 42.5 Å². The molecular formula is C20H25NO4. The monoisotopic (exact) mass is 343 g/mol. The summed E-state index contributed by atoms with van der Waals surface area (Å²) >= 11 is 0. The number of carboxylic acids is 1. The minimum atomic E-state index is -0.913. The van der Waals surface area contributed by atoms with E-state index in [2.05, 4.69) is 12.2 Å². The van der Waals surface area contributed by atoms with Crippen molar-refractivity contribution in [3.63, 3.8) is 0 Å². The van der Waals surface area contributed by atoms with Gasteiger partial charge in [-0.1, -0.05) is 24.3 Å². The normalized spacial score (nSPS) is 10.6. The molecule has 25 heavy (non-hydrogen) atoms. The van der Waals surface area contributed by atoms with Crippen molar-refractivity contribution in [2.45, 2.75) is 27.0 Å². The van der Waals surface area contributed by atoms with Crippen molar-refractivity contribution in [2.75, 3.05) is 25.1 Å². The lowest BCUT2D eigenvalue weighted by molar-refractivity contribution is 0.0451. The third kappa shape index (κ3) is 5.89. The van der Waals surface area contributed by atoms with Gasteiger partial charge in [0.05, 0.1) is 25.4 Å². The summed E-state index contributed by atoms with van der Waals surface area (Å²) in [5.41, 5.74) is 4.51. The Morgan fingerprint density at radius 3 is 2.64 bits per heavy atom. The summed E-state index contributed by atoms with van der Waals surface area (Å²) < 4.78 is 10.9. The van der Waals surface area contributed by atoms with Crippen LogP contribution in [0.5, 0.6) is 0 Å². The molecule has 2 aromatic rings. The Morgan fingerprint density at radius 1 is 1.12 bits per heavy atom. The average molecular weight is 343 g/mol. The fraction of sp³-hybridized carbons (Fsp3) is 0.350. The van der Waals surface area contributed by atoms with E-state index in [1.54, 1.807) is 18.2 Å². The van der Waals surface area contributed by atoms with Crippen LogP contribution < -0.4 is 5.32 Å². The second-order valence-electron chi connectivity index (χ2n) is 5.70. The summed E-state index contributed by atoms with van der Waals surface area (Å²) in [7, 11) is 0. The smallest absolute Gasteiger partial charge is 0.335 e. The van der Waals surface area contributed by atoms with Crippen molar-refractivity contribution in [3.05, 3.63) is 64.7 Å². The van der Waals surface area contributed by atoms with Crippen LogP contribution >= 0.6 is 0 Å². The third-order valence-electron chi connectivity index (χ3n) is 3.94. The molecule has 0 radical (unpaired) electrons. The van der Waals surface area contributed by atoms with Crippen molar-refractivity contribution in [2.24, 2.45) is 0 Å². The SMILES string of the molecule is CCOCCOCc1cccc(NCc2cccc(C(=O)O)c2)c1C. The first-order chi connectivity index (χ1) is 12.1. The molecule has 0 aliphatic rings. The minimum Gasteiger partial charge on any atom is -0.478 e. The zero-order chi connectivity index (χ0) is 18.1. The van der Waals surface area contributed by atoms with Crippen molar-refractivity contribution in [1.29, 1.82) is 0 Å². The Hall–Kier alpha value is -2.37. The van der Waals surface area contributed by atoms with E-state index in [1.165, 1.54) is 0 Å². The van der Waals surface area contributed by atoms with Gasteiger partial charge in [0, 0.05) is 18.8 Å². The number of hydrogen-bond acceptors (Lipinski definition) is 4. The van der Waals surface area contributed by atoms with Crippen LogP contribution in [0, 0.1) is 6.92 Å². The molecule has 0 atom stereocenters. The van der Waals surface area contributed by atoms with Crippen LogP contribution in [0.4, 0.5) is 5.69 Å². The van der Waals surface area contributed by atoms with Crippen LogP contribution in [0.3, 0.4) is 0 Å². The number of carbonyl (C=O) groups is 1. The van der Waals surface area contributed by atoms with Gasteiger partial charge in [-0.3, -0.25) is 0 Å². The lowest BCUT2D eigenvalue weighted by Crippen LogP contribution is -2.07. The van der Waals surface area contributed by atoms with Crippen LogP contribution in [0.25, 0.3) is 0 Å². The minimum absolute atomic E-state index is 0.299. The van der Waals surface area contributed by atoms with Gasteiger partial charge in [0.15, 0.2) is 0 Å². The van der Waals surface area contributed by atoms with Crippen LogP contribution in [-0.2, 0) is 22.6 Å². The molecule has 5 heteroatoms. The summed E-state index contributed by atoms with van der Waals surface area (Å²) in [6.07, 6.45) is 0. The summed E-state index contributed by atoms with van der Waals surface area (Å²) in [5.74, 6) is -0.913. The van der Waals surface area contributed by atoms with Gasteiger partial charge in [-0.15, -0.1) is 0 Å². The number of benzene rings is 2. The lowest BCUT2D eigenvalue weighted by Gasteiger charge is -2.14. The maximum atomic E-state index is 11.0. The quantitative estimate of drug-likeness (QED) is 0.641. The van der Waals surface area contributed by atoms with Crippen molar-refractivity contribution >= 4 is 11.7 Å². The molecule has 0 fully saturated rings. The number of hydrogen-bond donors (Lipinski definition) is 2. The van der Waals surface area contributed by atoms with Gasteiger partial charge in [-0.25, -0.2) is 4.79 Å². The standard InChI is InChI=1S/C20H25NO4/c1-3-24-10-11-25-14-18-8-5-9-19(15(18)2)21-13-16-6-4-7-17(12-16)20(22)23/h4-9,12,21H,3,10-11,13-14H2,1-2H3,(H,22,23). The van der Waals surface area contributed by atoms with Gasteiger partial charge in [-0.05, 0) is 48.7 Å². The number of nitrogens with one attached hydrogen (secondary N) is 1.